The second-order valence-electron chi connectivity index (χ2n) is 8.01. The minimum absolute atomic E-state index is 0.0109. The number of aryl methyl sites for hydroxylation is 1. The van der Waals surface area contributed by atoms with Crippen molar-refractivity contribution in [2.24, 2.45) is 7.05 Å². The van der Waals surface area contributed by atoms with E-state index in [2.05, 4.69) is 16.1 Å². The third kappa shape index (κ3) is 3.37. The summed E-state index contributed by atoms with van der Waals surface area (Å²) in [7, 11) is 3.29. The molecule has 1 aliphatic rings. The van der Waals surface area contributed by atoms with Crippen molar-refractivity contribution >= 4 is 33.4 Å². The Labute approximate surface area is 185 Å². The van der Waals surface area contributed by atoms with Crippen LogP contribution in [0.1, 0.15) is 0 Å². The number of hydrogen-bond donors (Lipinski definition) is 0. The average Bonchev–Trinajstić information content (AvgIpc) is 3.15. The molecule has 8 heteroatoms. The van der Waals surface area contributed by atoms with Crippen molar-refractivity contribution in [2.75, 3.05) is 38.2 Å². The maximum absolute atomic E-state index is 13.2. The van der Waals surface area contributed by atoms with E-state index < -0.39 is 0 Å². The molecule has 0 spiro atoms. The maximum atomic E-state index is 13.2. The van der Waals surface area contributed by atoms with Gasteiger partial charge >= 0.3 is 0 Å². The molecule has 1 fully saturated rings. The molecule has 1 amide bonds. The van der Waals surface area contributed by atoms with E-state index in [4.69, 9.17) is 4.74 Å². The number of carbonyl (C=O) groups is 1. The van der Waals surface area contributed by atoms with Gasteiger partial charge in [0.25, 0.3) is 5.56 Å². The number of anilines is 1. The number of fused-ring (bicyclic) bond motifs is 3. The van der Waals surface area contributed by atoms with Gasteiger partial charge in [-0.3, -0.25) is 9.59 Å². The van der Waals surface area contributed by atoms with Crippen molar-refractivity contribution < 1.29 is 9.53 Å². The van der Waals surface area contributed by atoms with Crippen molar-refractivity contribution in [1.29, 1.82) is 0 Å². The molecule has 1 saturated heterocycles. The third-order valence-corrected chi connectivity index (χ3v) is 6.21. The van der Waals surface area contributed by atoms with Crippen LogP contribution in [-0.4, -0.2) is 58.4 Å². The minimum atomic E-state index is -0.200. The van der Waals surface area contributed by atoms with Crippen LogP contribution in [-0.2, 0) is 18.4 Å². The lowest BCUT2D eigenvalue weighted by atomic mass is 10.2. The average molecular weight is 431 g/mol. The van der Waals surface area contributed by atoms with Gasteiger partial charge in [-0.2, -0.15) is 5.10 Å². The lowest BCUT2D eigenvalue weighted by Gasteiger charge is -2.36. The Kier molecular flexibility index (Phi) is 5.05. The largest absolute Gasteiger partial charge is 0.497 e. The first-order valence-electron chi connectivity index (χ1n) is 10.7. The summed E-state index contributed by atoms with van der Waals surface area (Å²) < 4.78 is 8.48. The number of amides is 1. The van der Waals surface area contributed by atoms with Gasteiger partial charge < -0.3 is 19.1 Å². The Morgan fingerprint density at radius 1 is 1.03 bits per heavy atom. The molecule has 0 saturated carbocycles. The Morgan fingerprint density at radius 3 is 2.59 bits per heavy atom. The fourth-order valence-electron chi connectivity index (χ4n) is 4.46. The fraction of sp³-hybridized carbons (Fsp3) is 0.292. The monoisotopic (exact) mass is 431 g/mol. The molecule has 3 heterocycles. The molecular formula is C24H25N5O3. The van der Waals surface area contributed by atoms with E-state index in [1.165, 1.54) is 4.68 Å². The number of carbonyl (C=O) groups excluding carboxylic acids is 1. The smallest absolute Gasteiger partial charge is 0.291 e. The summed E-state index contributed by atoms with van der Waals surface area (Å²) in [5, 5.41) is 5.88. The summed E-state index contributed by atoms with van der Waals surface area (Å²) in [6.07, 6.45) is 1.70. The first-order chi connectivity index (χ1) is 15.6. The maximum Gasteiger partial charge on any atom is 0.291 e. The lowest BCUT2D eigenvalue weighted by molar-refractivity contribution is -0.132. The van der Waals surface area contributed by atoms with Crippen LogP contribution < -0.4 is 15.2 Å². The number of rotatable bonds is 4. The molecule has 0 N–H and O–H groups in total. The van der Waals surface area contributed by atoms with E-state index in [1.54, 1.807) is 20.4 Å². The summed E-state index contributed by atoms with van der Waals surface area (Å²) in [5.74, 6) is 0.834. The molecule has 5 rings (SSSR count). The van der Waals surface area contributed by atoms with Gasteiger partial charge in [0.1, 0.15) is 17.8 Å². The zero-order valence-electron chi connectivity index (χ0n) is 18.2. The normalized spacial score (nSPS) is 14.3. The van der Waals surface area contributed by atoms with Gasteiger partial charge in [-0.1, -0.05) is 24.3 Å². The van der Waals surface area contributed by atoms with Gasteiger partial charge in [0.2, 0.25) is 5.91 Å². The zero-order chi connectivity index (χ0) is 22.2. The number of hydrogen-bond acceptors (Lipinski definition) is 5. The van der Waals surface area contributed by atoms with Gasteiger partial charge in [0.15, 0.2) is 0 Å². The number of piperazine rings is 1. The van der Waals surface area contributed by atoms with Crippen molar-refractivity contribution in [3.05, 3.63) is 65.1 Å². The zero-order valence-corrected chi connectivity index (χ0v) is 18.2. The molecule has 2 aromatic carbocycles. The SMILES string of the molecule is COc1cccc(N2CCN(C(=O)Cn3c4ccccc4c4cnn(C)c(=O)c43)CC2)c1. The lowest BCUT2D eigenvalue weighted by Crippen LogP contribution is -2.49. The Bertz CT molecular complexity index is 1370. The first kappa shape index (κ1) is 20.1. The highest BCUT2D eigenvalue weighted by atomic mass is 16.5. The van der Waals surface area contributed by atoms with Gasteiger partial charge in [-0.25, -0.2) is 4.68 Å². The molecule has 1 aliphatic heterocycles. The number of benzene rings is 2. The highest BCUT2D eigenvalue weighted by Crippen LogP contribution is 2.27. The summed E-state index contributed by atoms with van der Waals surface area (Å²) in [4.78, 5) is 30.2. The fourth-order valence-corrected chi connectivity index (χ4v) is 4.46. The molecule has 0 unspecified atom stereocenters. The van der Waals surface area contributed by atoms with Crippen molar-refractivity contribution in [3.8, 4) is 5.75 Å². The number of para-hydroxylation sites is 1. The summed E-state index contributed by atoms with van der Waals surface area (Å²) in [5.41, 5.74) is 2.28. The van der Waals surface area contributed by atoms with Crippen molar-refractivity contribution in [3.63, 3.8) is 0 Å². The second kappa shape index (κ2) is 8.03. The van der Waals surface area contributed by atoms with Gasteiger partial charge in [-0.05, 0) is 18.2 Å². The second-order valence-corrected chi connectivity index (χ2v) is 8.01. The highest BCUT2D eigenvalue weighted by Gasteiger charge is 2.24. The summed E-state index contributed by atoms with van der Waals surface area (Å²) in [6, 6.07) is 15.7. The number of nitrogens with zero attached hydrogens (tertiary/aromatic N) is 5. The predicted molar refractivity (Wildman–Crippen MR) is 124 cm³/mol. The van der Waals surface area contributed by atoms with E-state index in [0.717, 1.165) is 40.8 Å². The number of methoxy groups -OCH3 is 1. The molecule has 0 radical (unpaired) electrons. The third-order valence-electron chi connectivity index (χ3n) is 6.21. The van der Waals surface area contributed by atoms with E-state index in [0.29, 0.717) is 18.6 Å². The van der Waals surface area contributed by atoms with Crippen LogP contribution in [0.25, 0.3) is 21.8 Å². The van der Waals surface area contributed by atoms with Gasteiger partial charge in [-0.15, -0.1) is 0 Å². The Morgan fingerprint density at radius 2 is 1.81 bits per heavy atom. The molecule has 0 aliphatic carbocycles. The van der Waals surface area contributed by atoms with Crippen LogP contribution in [0.4, 0.5) is 5.69 Å². The molecule has 32 heavy (non-hydrogen) atoms. The molecule has 0 bridgehead atoms. The molecule has 8 nitrogen and oxygen atoms in total. The van der Waals surface area contributed by atoms with E-state index in [-0.39, 0.29) is 18.0 Å². The molecule has 2 aromatic heterocycles. The van der Waals surface area contributed by atoms with E-state index >= 15 is 0 Å². The molecule has 0 atom stereocenters. The van der Waals surface area contributed by atoms with Gasteiger partial charge in [0.05, 0.1) is 13.3 Å². The highest BCUT2D eigenvalue weighted by molar-refractivity contribution is 6.07. The van der Waals surface area contributed by atoms with Crippen LogP contribution >= 0.6 is 0 Å². The van der Waals surface area contributed by atoms with Crippen LogP contribution in [0.3, 0.4) is 0 Å². The van der Waals surface area contributed by atoms with Crippen LogP contribution in [0, 0.1) is 0 Å². The van der Waals surface area contributed by atoms with Crippen LogP contribution in [0.2, 0.25) is 0 Å². The summed E-state index contributed by atoms with van der Waals surface area (Å²) >= 11 is 0. The molecule has 4 aromatic rings. The van der Waals surface area contributed by atoms with Gasteiger partial charge in [0, 0.05) is 61.3 Å². The number of aromatic nitrogens is 3. The predicted octanol–water partition coefficient (Wildman–Crippen LogP) is 2.25. The first-order valence-corrected chi connectivity index (χ1v) is 10.7. The van der Waals surface area contributed by atoms with Crippen LogP contribution in [0.5, 0.6) is 5.75 Å². The topological polar surface area (TPSA) is 72.6 Å². The summed E-state index contributed by atoms with van der Waals surface area (Å²) in [6.45, 7) is 2.89. The Hall–Kier alpha value is -3.81. The van der Waals surface area contributed by atoms with E-state index in [9.17, 15) is 9.59 Å². The van der Waals surface area contributed by atoms with E-state index in [1.807, 2.05) is 51.9 Å². The van der Waals surface area contributed by atoms with Crippen LogP contribution in [0.15, 0.2) is 59.5 Å². The Balaban J connectivity index is 1.39. The minimum Gasteiger partial charge on any atom is -0.497 e. The van der Waals surface area contributed by atoms with Crippen molar-refractivity contribution in [2.45, 2.75) is 6.54 Å². The van der Waals surface area contributed by atoms with Crippen molar-refractivity contribution in [1.82, 2.24) is 19.2 Å². The number of ether oxygens (including phenoxy) is 1. The molecular weight excluding hydrogens is 406 g/mol. The molecule has 164 valence electrons. The quantitative estimate of drug-likeness (QED) is 0.496. The standard InChI is InChI=1S/C24H25N5O3/c1-26-24(31)23-20(15-25-26)19-8-3-4-9-21(19)29(23)16-22(30)28-12-10-27(11-13-28)17-6-5-7-18(14-17)32-2/h3-9,14-15H,10-13,16H2,1-2H3.